The van der Waals surface area contributed by atoms with Gasteiger partial charge in [0.15, 0.2) is 5.76 Å². The van der Waals surface area contributed by atoms with E-state index in [0.717, 1.165) is 18.4 Å². The number of ether oxygens (including phenoxy) is 1. The minimum absolute atomic E-state index is 0.0846. The topological polar surface area (TPSA) is 80.1 Å². The minimum Gasteiger partial charge on any atom is -0.459 e. The predicted molar refractivity (Wildman–Crippen MR) is 92.8 cm³/mol. The molecule has 0 aliphatic carbocycles. The molecule has 2 aliphatic rings. The molecule has 0 saturated carbocycles. The monoisotopic (exact) mass is 370 g/mol. The van der Waals surface area contributed by atoms with Gasteiger partial charge >= 0.3 is 0 Å². The van der Waals surface area contributed by atoms with Gasteiger partial charge in [0.1, 0.15) is 0 Å². The van der Waals surface area contributed by atoms with Crippen LogP contribution in [0.15, 0.2) is 16.7 Å². The molecule has 1 spiro atoms. The summed E-state index contributed by atoms with van der Waals surface area (Å²) >= 11 is 0. The van der Waals surface area contributed by atoms with Crippen molar-refractivity contribution >= 4 is 15.9 Å². The minimum atomic E-state index is -3.22. The summed E-state index contributed by atoms with van der Waals surface area (Å²) in [7, 11) is -1.57. The molecule has 140 valence electrons. The molecule has 0 bridgehead atoms. The van der Waals surface area contributed by atoms with Gasteiger partial charge in [0.25, 0.3) is 5.91 Å². The number of furan rings is 1. The zero-order chi connectivity index (χ0) is 18.2. The van der Waals surface area contributed by atoms with Crippen molar-refractivity contribution in [3.05, 3.63) is 23.7 Å². The van der Waals surface area contributed by atoms with Crippen LogP contribution in [0.1, 0.15) is 29.0 Å². The fourth-order valence-electron chi connectivity index (χ4n) is 4.12. The fourth-order valence-corrected chi connectivity index (χ4v) is 5.07. The molecule has 0 radical (unpaired) electrons. The maximum atomic E-state index is 12.6. The number of carbonyl (C=O) groups is 1. The number of amides is 1. The molecule has 7 nitrogen and oxygen atoms in total. The molecule has 3 heterocycles. The Hall–Kier alpha value is -1.38. The Bertz CT molecular complexity index is 734. The van der Waals surface area contributed by atoms with Gasteiger partial charge in [-0.1, -0.05) is 0 Å². The fraction of sp³-hybridized carbons (Fsp3) is 0.706. The third-order valence-electron chi connectivity index (χ3n) is 5.72. The van der Waals surface area contributed by atoms with Crippen LogP contribution in [0.5, 0.6) is 0 Å². The SMILES string of the molecule is COCC1CN(S(C)(=O)=O)CC12CCN(C(=O)c1occc1C)CC2. The molecule has 0 N–H and O–H groups in total. The van der Waals surface area contributed by atoms with E-state index in [4.69, 9.17) is 9.15 Å². The summed E-state index contributed by atoms with van der Waals surface area (Å²) in [6.45, 7) is 4.63. The molecule has 8 heteroatoms. The highest BCUT2D eigenvalue weighted by molar-refractivity contribution is 7.88. The summed E-state index contributed by atoms with van der Waals surface area (Å²) in [5, 5.41) is 0. The van der Waals surface area contributed by atoms with Gasteiger partial charge in [-0.25, -0.2) is 12.7 Å². The van der Waals surface area contributed by atoms with Crippen molar-refractivity contribution in [3.8, 4) is 0 Å². The number of aryl methyl sites for hydroxylation is 1. The van der Waals surface area contributed by atoms with E-state index in [1.165, 1.54) is 12.5 Å². The van der Waals surface area contributed by atoms with Crippen LogP contribution < -0.4 is 0 Å². The molecule has 25 heavy (non-hydrogen) atoms. The van der Waals surface area contributed by atoms with Crippen LogP contribution >= 0.6 is 0 Å². The van der Waals surface area contributed by atoms with E-state index in [1.807, 2.05) is 11.8 Å². The third-order valence-corrected chi connectivity index (χ3v) is 6.94. The van der Waals surface area contributed by atoms with Crippen molar-refractivity contribution in [1.82, 2.24) is 9.21 Å². The number of hydrogen-bond acceptors (Lipinski definition) is 5. The van der Waals surface area contributed by atoms with E-state index in [2.05, 4.69) is 0 Å². The Kier molecular flexibility index (Phi) is 4.96. The first-order valence-corrected chi connectivity index (χ1v) is 10.4. The maximum absolute atomic E-state index is 12.6. The van der Waals surface area contributed by atoms with E-state index in [1.54, 1.807) is 17.5 Å². The second-order valence-corrected chi connectivity index (χ2v) is 9.28. The van der Waals surface area contributed by atoms with Gasteiger partial charge in [0.05, 0.1) is 19.1 Å². The summed E-state index contributed by atoms with van der Waals surface area (Å²) in [6.07, 6.45) is 4.34. The molecule has 0 aromatic carbocycles. The van der Waals surface area contributed by atoms with Gasteiger partial charge in [-0.15, -0.1) is 0 Å². The van der Waals surface area contributed by atoms with E-state index >= 15 is 0 Å². The zero-order valence-electron chi connectivity index (χ0n) is 15.0. The Morgan fingerprint density at radius 1 is 1.40 bits per heavy atom. The van der Waals surface area contributed by atoms with Crippen LogP contribution in [0.4, 0.5) is 0 Å². The molecular formula is C17H26N2O5S. The number of methoxy groups -OCH3 is 1. The van der Waals surface area contributed by atoms with Crippen LogP contribution in [0.25, 0.3) is 0 Å². The Morgan fingerprint density at radius 3 is 2.60 bits per heavy atom. The third kappa shape index (κ3) is 3.47. The van der Waals surface area contributed by atoms with Gasteiger partial charge in [0.2, 0.25) is 10.0 Å². The second kappa shape index (κ2) is 6.74. The highest BCUT2D eigenvalue weighted by Gasteiger charge is 2.50. The largest absolute Gasteiger partial charge is 0.459 e. The van der Waals surface area contributed by atoms with Gasteiger partial charge in [0, 0.05) is 44.8 Å². The number of hydrogen-bond donors (Lipinski definition) is 0. The first kappa shape index (κ1) is 18.4. The molecular weight excluding hydrogens is 344 g/mol. The van der Waals surface area contributed by atoms with Crippen LogP contribution in [0, 0.1) is 18.3 Å². The number of sulfonamides is 1. The van der Waals surface area contributed by atoms with Gasteiger partial charge in [-0.05, 0) is 31.2 Å². The van der Waals surface area contributed by atoms with Crippen molar-refractivity contribution in [1.29, 1.82) is 0 Å². The summed E-state index contributed by atoms with van der Waals surface area (Å²) in [5.41, 5.74) is 0.723. The Labute approximate surface area is 149 Å². The summed E-state index contributed by atoms with van der Waals surface area (Å²) in [6, 6.07) is 1.79. The maximum Gasteiger partial charge on any atom is 0.289 e. The summed E-state index contributed by atoms with van der Waals surface area (Å²) in [4.78, 5) is 14.4. The Morgan fingerprint density at radius 2 is 2.08 bits per heavy atom. The van der Waals surface area contributed by atoms with E-state index in [9.17, 15) is 13.2 Å². The normalized spacial score (nSPS) is 24.1. The zero-order valence-corrected chi connectivity index (χ0v) is 15.8. The summed E-state index contributed by atoms with van der Waals surface area (Å²) in [5.74, 6) is 0.474. The molecule has 2 aliphatic heterocycles. The van der Waals surface area contributed by atoms with Crippen LogP contribution in [-0.4, -0.2) is 69.7 Å². The standard InChI is InChI=1S/C17H26N2O5S/c1-13-4-9-24-15(13)16(20)18-7-5-17(6-8-18)12-19(25(3,21)22)10-14(17)11-23-2/h4,9,14H,5-8,10-12H2,1-3H3. The molecule has 1 amide bonds. The highest BCUT2D eigenvalue weighted by Crippen LogP contribution is 2.45. The van der Waals surface area contributed by atoms with E-state index in [-0.39, 0.29) is 17.2 Å². The predicted octanol–water partition coefficient (Wildman–Crippen LogP) is 1.35. The van der Waals surface area contributed by atoms with Gasteiger partial charge < -0.3 is 14.1 Å². The average molecular weight is 370 g/mol. The van der Waals surface area contributed by atoms with Gasteiger partial charge in [-0.3, -0.25) is 4.79 Å². The lowest BCUT2D eigenvalue weighted by molar-refractivity contribution is 0.0311. The average Bonchev–Trinajstić information content (AvgIpc) is 3.13. The quantitative estimate of drug-likeness (QED) is 0.799. The van der Waals surface area contributed by atoms with Crippen molar-refractivity contribution < 1.29 is 22.4 Å². The van der Waals surface area contributed by atoms with Gasteiger partial charge in [-0.2, -0.15) is 0 Å². The molecule has 3 rings (SSSR count). The number of piperidine rings is 1. The first-order valence-electron chi connectivity index (χ1n) is 8.54. The lowest BCUT2D eigenvalue weighted by Gasteiger charge is -2.42. The van der Waals surface area contributed by atoms with Crippen molar-refractivity contribution in [2.45, 2.75) is 19.8 Å². The van der Waals surface area contributed by atoms with Crippen molar-refractivity contribution in [2.75, 3.05) is 46.2 Å². The molecule has 1 aromatic rings. The lowest BCUT2D eigenvalue weighted by Crippen LogP contribution is -2.47. The first-order chi connectivity index (χ1) is 11.8. The van der Waals surface area contributed by atoms with E-state index in [0.29, 0.717) is 38.5 Å². The van der Waals surface area contributed by atoms with Crippen LogP contribution in [-0.2, 0) is 14.8 Å². The van der Waals surface area contributed by atoms with Crippen molar-refractivity contribution in [3.63, 3.8) is 0 Å². The number of likely N-dealkylation sites (tertiary alicyclic amines) is 1. The number of nitrogens with zero attached hydrogens (tertiary/aromatic N) is 2. The number of rotatable bonds is 4. The van der Waals surface area contributed by atoms with Crippen LogP contribution in [0.2, 0.25) is 0 Å². The van der Waals surface area contributed by atoms with E-state index < -0.39 is 10.0 Å². The highest BCUT2D eigenvalue weighted by atomic mass is 32.2. The Balaban J connectivity index is 1.72. The molecule has 1 aromatic heterocycles. The van der Waals surface area contributed by atoms with Crippen LogP contribution in [0.3, 0.4) is 0 Å². The summed E-state index contributed by atoms with van der Waals surface area (Å²) < 4.78 is 36.2. The van der Waals surface area contributed by atoms with Crippen molar-refractivity contribution in [2.24, 2.45) is 11.3 Å². The molecule has 1 atom stereocenters. The molecule has 2 fully saturated rings. The number of carbonyl (C=O) groups excluding carboxylic acids is 1. The second-order valence-electron chi connectivity index (χ2n) is 7.30. The smallest absolute Gasteiger partial charge is 0.289 e. The lowest BCUT2D eigenvalue weighted by atomic mass is 9.71. The molecule has 1 unspecified atom stereocenters. The molecule has 2 saturated heterocycles.